The van der Waals surface area contributed by atoms with Gasteiger partial charge in [0.1, 0.15) is 24.0 Å². The number of furan rings is 1. The summed E-state index contributed by atoms with van der Waals surface area (Å²) in [5.41, 5.74) is 9.42. The van der Waals surface area contributed by atoms with E-state index in [1.807, 2.05) is 42.5 Å². The Balaban J connectivity index is 1.48. The number of nitrogens with zero attached hydrogens (tertiary/aromatic N) is 1. The van der Waals surface area contributed by atoms with Crippen LogP contribution in [0.4, 0.5) is 4.39 Å². The molecule has 0 saturated carbocycles. The first-order valence-corrected chi connectivity index (χ1v) is 13.2. The summed E-state index contributed by atoms with van der Waals surface area (Å²) in [4.78, 5) is 0. The van der Waals surface area contributed by atoms with Crippen molar-refractivity contribution in [2.24, 2.45) is 7.05 Å². The molecule has 0 aliphatic heterocycles. The topological polar surface area (TPSA) is 17.0 Å². The fourth-order valence-corrected chi connectivity index (χ4v) is 5.83. The van der Waals surface area contributed by atoms with Gasteiger partial charge in [0.05, 0.1) is 11.1 Å². The lowest BCUT2D eigenvalue weighted by Crippen LogP contribution is -2.31. The van der Waals surface area contributed by atoms with Crippen molar-refractivity contribution in [2.75, 3.05) is 0 Å². The maximum atomic E-state index is 15.5. The number of hydrogen-bond acceptors (Lipinski definition) is 1. The first-order chi connectivity index (χ1) is 19.0. The van der Waals surface area contributed by atoms with E-state index in [1.165, 1.54) is 16.7 Å². The number of benzene rings is 5. The summed E-state index contributed by atoms with van der Waals surface area (Å²) in [5.74, 6) is -0.288. The highest BCUT2D eigenvalue weighted by atomic mass is 19.1. The molecule has 39 heavy (non-hydrogen) atoms. The highest BCUT2D eigenvalue weighted by Crippen LogP contribution is 2.42. The predicted octanol–water partition coefficient (Wildman–Crippen LogP) is 9.32. The Kier molecular flexibility index (Phi) is 5.34. The minimum atomic E-state index is -0.288. The second-order valence-corrected chi connectivity index (χ2v) is 10.3. The van der Waals surface area contributed by atoms with Gasteiger partial charge in [-0.1, -0.05) is 78.9 Å². The summed E-state index contributed by atoms with van der Waals surface area (Å²) in [6, 6.07) is 34.5. The lowest BCUT2D eigenvalue weighted by molar-refractivity contribution is -0.659. The van der Waals surface area contributed by atoms with Crippen molar-refractivity contribution in [2.45, 2.75) is 13.8 Å². The molecule has 5 aromatic carbocycles. The second kappa shape index (κ2) is 8.92. The van der Waals surface area contributed by atoms with E-state index in [0.717, 1.165) is 49.5 Å². The van der Waals surface area contributed by atoms with Gasteiger partial charge in [-0.3, -0.25) is 0 Å². The van der Waals surface area contributed by atoms with Gasteiger partial charge >= 0.3 is 0 Å². The third-order valence-corrected chi connectivity index (χ3v) is 7.83. The van der Waals surface area contributed by atoms with Crippen LogP contribution in [0.3, 0.4) is 0 Å². The summed E-state index contributed by atoms with van der Waals surface area (Å²) in [5, 5.41) is 4.09. The van der Waals surface area contributed by atoms with Crippen LogP contribution in [-0.4, -0.2) is 0 Å². The fourth-order valence-electron chi connectivity index (χ4n) is 5.83. The van der Waals surface area contributed by atoms with Crippen LogP contribution in [0.25, 0.3) is 66.2 Å². The summed E-state index contributed by atoms with van der Waals surface area (Å²) >= 11 is 0. The third kappa shape index (κ3) is 3.73. The van der Waals surface area contributed by atoms with E-state index in [1.54, 1.807) is 6.07 Å². The van der Waals surface area contributed by atoms with Crippen molar-refractivity contribution in [1.29, 1.82) is 0 Å². The van der Waals surface area contributed by atoms with E-state index in [-0.39, 0.29) is 5.82 Å². The number of halogens is 1. The summed E-state index contributed by atoms with van der Waals surface area (Å²) in [6.45, 7) is 4.25. The Morgan fingerprint density at radius 1 is 0.615 bits per heavy atom. The standard InChI is InChI=1S/C36H27FNO/c1-22-13-16-28-29-17-18-31(37)34(27-15-14-24-9-7-8-12-26(24)20-27)36(29)39-35(28)33(22)32-19-23(2)30(21-38(32)3)25-10-5-4-6-11-25/h4-21H,1-3H3/q+1. The molecule has 7 aromatic rings. The number of hydrogen-bond donors (Lipinski definition) is 0. The zero-order valence-corrected chi connectivity index (χ0v) is 22.1. The van der Waals surface area contributed by atoms with Crippen molar-refractivity contribution in [1.82, 2.24) is 0 Å². The van der Waals surface area contributed by atoms with E-state index in [2.05, 4.69) is 86.3 Å². The molecule has 2 aromatic heterocycles. The summed E-state index contributed by atoms with van der Waals surface area (Å²) < 4.78 is 24.3. The molecule has 0 unspecified atom stereocenters. The highest BCUT2D eigenvalue weighted by molar-refractivity contribution is 6.13. The first-order valence-electron chi connectivity index (χ1n) is 13.2. The summed E-state index contributed by atoms with van der Waals surface area (Å²) in [7, 11) is 2.07. The predicted molar refractivity (Wildman–Crippen MR) is 158 cm³/mol. The van der Waals surface area contributed by atoms with Crippen molar-refractivity contribution in [3.63, 3.8) is 0 Å². The van der Waals surface area contributed by atoms with Crippen molar-refractivity contribution >= 4 is 32.7 Å². The number of fused-ring (bicyclic) bond motifs is 4. The van der Waals surface area contributed by atoms with Gasteiger partial charge in [-0.2, -0.15) is 0 Å². The van der Waals surface area contributed by atoms with Gasteiger partial charge in [-0.05, 0) is 65.1 Å². The van der Waals surface area contributed by atoms with Crippen LogP contribution in [0.1, 0.15) is 11.1 Å². The molecule has 2 heterocycles. The van der Waals surface area contributed by atoms with Crippen LogP contribution in [0, 0.1) is 19.7 Å². The highest BCUT2D eigenvalue weighted by Gasteiger charge is 2.24. The van der Waals surface area contributed by atoms with E-state index >= 15 is 4.39 Å². The Labute approximate surface area is 226 Å². The molecule has 0 saturated heterocycles. The normalized spacial score (nSPS) is 11.6. The van der Waals surface area contributed by atoms with Gasteiger partial charge in [-0.25, -0.2) is 8.96 Å². The van der Waals surface area contributed by atoms with E-state index in [4.69, 9.17) is 4.42 Å². The minimum absolute atomic E-state index is 0.288. The van der Waals surface area contributed by atoms with Crippen LogP contribution >= 0.6 is 0 Å². The maximum Gasteiger partial charge on any atom is 0.216 e. The number of aryl methyl sites for hydroxylation is 3. The Morgan fingerprint density at radius 3 is 2.10 bits per heavy atom. The van der Waals surface area contributed by atoms with Gasteiger partial charge < -0.3 is 4.42 Å². The molecule has 0 fully saturated rings. The van der Waals surface area contributed by atoms with Gasteiger partial charge in [0, 0.05) is 22.4 Å². The molecule has 2 nitrogen and oxygen atoms in total. The molecular formula is C36H27FNO+. The van der Waals surface area contributed by atoms with Crippen LogP contribution in [-0.2, 0) is 7.05 Å². The first kappa shape index (κ1) is 23.4. The zero-order valence-electron chi connectivity index (χ0n) is 22.1. The Morgan fingerprint density at radius 2 is 1.31 bits per heavy atom. The van der Waals surface area contributed by atoms with Crippen LogP contribution in [0.15, 0.2) is 114 Å². The van der Waals surface area contributed by atoms with Crippen molar-refractivity contribution < 1.29 is 13.4 Å². The minimum Gasteiger partial charge on any atom is -0.454 e. The smallest absolute Gasteiger partial charge is 0.216 e. The lowest BCUT2D eigenvalue weighted by Gasteiger charge is -2.10. The van der Waals surface area contributed by atoms with Gasteiger partial charge in [0.2, 0.25) is 5.69 Å². The Bertz CT molecular complexity index is 2050. The van der Waals surface area contributed by atoms with E-state index < -0.39 is 0 Å². The number of pyridine rings is 1. The quantitative estimate of drug-likeness (QED) is 0.217. The summed E-state index contributed by atoms with van der Waals surface area (Å²) in [6.07, 6.45) is 2.18. The molecule has 0 aliphatic rings. The molecule has 0 radical (unpaired) electrons. The van der Waals surface area contributed by atoms with Crippen LogP contribution in [0.2, 0.25) is 0 Å². The SMILES string of the molecule is Cc1cc(-c2c(C)ccc3c2oc2c(-c4ccc5ccccc5c4)c(F)ccc23)[n+](C)cc1-c1ccccc1. The fraction of sp³-hybridized carbons (Fsp3) is 0.0833. The average molecular weight is 509 g/mol. The van der Waals surface area contributed by atoms with Gasteiger partial charge in [-0.15, -0.1) is 0 Å². The molecule has 7 rings (SSSR count). The number of aromatic nitrogens is 1. The maximum absolute atomic E-state index is 15.5. The molecule has 188 valence electrons. The second-order valence-electron chi connectivity index (χ2n) is 10.3. The van der Waals surface area contributed by atoms with Crippen LogP contribution in [0.5, 0.6) is 0 Å². The molecular weight excluding hydrogens is 481 g/mol. The molecule has 0 N–H and O–H groups in total. The Hall–Kier alpha value is -4.76. The zero-order chi connectivity index (χ0) is 26.7. The molecule has 0 spiro atoms. The third-order valence-electron chi connectivity index (χ3n) is 7.83. The lowest BCUT2D eigenvalue weighted by atomic mass is 9.96. The van der Waals surface area contributed by atoms with E-state index in [9.17, 15) is 0 Å². The molecule has 0 aliphatic carbocycles. The monoisotopic (exact) mass is 508 g/mol. The molecule has 0 amide bonds. The average Bonchev–Trinajstić information content (AvgIpc) is 3.32. The van der Waals surface area contributed by atoms with Crippen molar-refractivity contribution in [3.05, 3.63) is 126 Å². The van der Waals surface area contributed by atoms with Crippen LogP contribution < -0.4 is 4.57 Å². The largest absolute Gasteiger partial charge is 0.454 e. The van der Waals surface area contributed by atoms with E-state index in [0.29, 0.717) is 11.1 Å². The van der Waals surface area contributed by atoms with Gasteiger partial charge in [0.25, 0.3) is 0 Å². The molecule has 0 atom stereocenters. The van der Waals surface area contributed by atoms with Gasteiger partial charge in [0.15, 0.2) is 6.20 Å². The van der Waals surface area contributed by atoms with Crippen molar-refractivity contribution in [3.8, 4) is 33.5 Å². The number of rotatable bonds is 3. The molecule has 0 bridgehead atoms. The molecule has 3 heteroatoms.